The van der Waals surface area contributed by atoms with Crippen LogP contribution in [0.25, 0.3) is 0 Å². The Hall–Kier alpha value is -0.320. The molecule has 5 heteroatoms. The Morgan fingerprint density at radius 2 is 2.12 bits per heavy atom. The van der Waals surface area contributed by atoms with Gasteiger partial charge in [0.25, 0.3) is 0 Å². The molecule has 1 aliphatic rings. The lowest BCUT2D eigenvalue weighted by atomic mass is 9.99. The number of nitrogens with zero attached hydrogens (tertiary/aromatic N) is 1. The third-order valence-corrected chi connectivity index (χ3v) is 3.56. The largest absolute Gasteiger partial charge is 0.394 e. The molecule has 1 heterocycles. The van der Waals surface area contributed by atoms with Crippen molar-refractivity contribution in [3.63, 3.8) is 0 Å². The van der Waals surface area contributed by atoms with Crippen LogP contribution in [0.3, 0.4) is 0 Å². The van der Waals surface area contributed by atoms with Crippen molar-refractivity contribution >= 4 is 23.2 Å². The van der Waals surface area contributed by atoms with Gasteiger partial charge in [0.2, 0.25) is 0 Å². The third-order valence-electron chi connectivity index (χ3n) is 3.00. The number of rotatable bonds is 3. The first-order valence-electron chi connectivity index (χ1n) is 5.58. The lowest BCUT2D eigenvalue weighted by molar-refractivity contribution is 0.0551. The summed E-state index contributed by atoms with van der Waals surface area (Å²) in [5.74, 6) is 0. The standard InChI is InChI=1S/C12H15Cl2NO2/c13-9-3-8-5-15(6-10(17)7-16)2-1-11(8)12(14)4-9/h3-4,10,16-17H,1-2,5-7H2. The molecule has 2 N–H and O–H groups in total. The van der Waals surface area contributed by atoms with Crippen molar-refractivity contribution in [2.24, 2.45) is 0 Å². The first-order chi connectivity index (χ1) is 8.10. The molecule has 0 spiro atoms. The summed E-state index contributed by atoms with van der Waals surface area (Å²) in [5.41, 5.74) is 2.25. The first kappa shape index (κ1) is 13.1. The fourth-order valence-corrected chi connectivity index (χ4v) is 2.81. The summed E-state index contributed by atoms with van der Waals surface area (Å²) in [5, 5.41) is 19.6. The van der Waals surface area contributed by atoms with Crippen LogP contribution in [-0.4, -0.2) is 40.9 Å². The van der Waals surface area contributed by atoms with Gasteiger partial charge < -0.3 is 10.2 Å². The third kappa shape index (κ3) is 3.12. The van der Waals surface area contributed by atoms with Gasteiger partial charge in [-0.2, -0.15) is 0 Å². The van der Waals surface area contributed by atoms with Crippen LogP contribution in [0.15, 0.2) is 12.1 Å². The highest BCUT2D eigenvalue weighted by Gasteiger charge is 2.20. The van der Waals surface area contributed by atoms with E-state index < -0.39 is 6.10 Å². The summed E-state index contributed by atoms with van der Waals surface area (Å²) >= 11 is 12.1. The molecular weight excluding hydrogens is 261 g/mol. The maximum atomic E-state index is 9.42. The van der Waals surface area contributed by atoms with E-state index in [1.54, 1.807) is 6.07 Å². The van der Waals surface area contributed by atoms with Gasteiger partial charge in [0, 0.05) is 29.7 Å². The van der Waals surface area contributed by atoms with Crippen molar-refractivity contribution in [3.05, 3.63) is 33.3 Å². The normalized spacial score (nSPS) is 17.9. The van der Waals surface area contributed by atoms with Gasteiger partial charge in [-0.1, -0.05) is 23.2 Å². The van der Waals surface area contributed by atoms with Crippen molar-refractivity contribution in [3.8, 4) is 0 Å². The lowest BCUT2D eigenvalue weighted by Crippen LogP contribution is -2.38. The molecule has 1 atom stereocenters. The van der Waals surface area contributed by atoms with E-state index >= 15 is 0 Å². The molecule has 0 aliphatic carbocycles. The minimum Gasteiger partial charge on any atom is -0.394 e. The van der Waals surface area contributed by atoms with Gasteiger partial charge in [0.1, 0.15) is 0 Å². The number of halogens is 2. The Labute approximate surface area is 111 Å². The molecule has 2 rings (SSSR count). The van der Waals surface area contributed by atoms with Crippen LogP contribution in [-0.2, 0) is 13.0 Å². The van der Waals surface area contributed by atoms with E-state index in [0.29, 0.717) is 18.1 Å². The Kier molecular flexibility index (Phi) is 4.28. The molecule has 0 saturated carbocycles. The minimum atomic E-state index is -0.689. The Morgan fingerprint density at radius 1 is 1.35 bits per heavy atom. The molecule has 1 unspecified atom stereocenters. The summed E-state index contributed by atoms with van der Waals surface area (Å²) < 4.78 is 0. The van der Waals surface area contributed by atoms with Gasteiger partial charge in [-0.25, -0.2) is 0 Å². The molecule has 0 saturated heterocycles. The second-order valence-electron chi connectivity index (χ2n) is 4.35. The van der Waals surface area contributed by atoms with Gasteiger partial charge in [0.05, 0.1) is 12.7 Å². The molecule has 0 bridgehead atoms. The highest BCUT2D eigenvalue weighted by atomic mass is 35.5. The summed E-state index contributed by atoms with van der Waals surface area (Å²) in [6.45, 7) is 1.82. The monoisotopic (exact) mass is 275 g/mol. The first-order valence-corrected chi connectivity index (χ1v) is 6.34. The predicted octanol–water partition coefficient (Wildman–Crippen LogP) is 1.70. The molecule has 0 aromatic heterocycles. The Balaban J connectivity index is 2.13. The topological polar surface area (TPSA) is 43.7 Å². The summed E-state index contributed by atoms with van der Waals surface area (Å²) in [7, 11) is 0. The van der Waals surface area contributed by atoms with Gasteiger partial charge >= 0.3 is 0 Å². The number of benzene rings is 1. The number of fused-ring (bicyclic) bond motifs is 1. The van der Waals surface area contributed by atoms with Crippen LogP contribution < -0.4 is 0 Å². The van der Waals surface area contributed by atoms with Crippen LogP contribution in [0.2, 0.25) is 10.0 Å². The molecule has 17 heavy (non-hydrogen) atoms. The summed E-state index contributed by atoms with van der Waals surface area (Å²) in [4.78, 5) is 2.09. The van der Waals surface area contributed by atoms with Crippen LogP contribution in [0, 0.1) is 0 Å². The molecule has 94 valence electrons. The van der Waals surface area contributed by atoms with Crippen molar-refractivity contribution in [1.82, 2.24) is 4.90 Å². The Bertz CT molecular complexity index is 412. The van der Waals surface area contributed by atoms with Gasteiger partial charge in [-0.05, 0) is 29.7 Å². The number of hydrogen-bond donors (Lipinski definition) is 2. The Morgan fingerprint density at radius 3 is 2.82 bits per heavy atom. The van der Waals surface area contributed by atoms with E-state index in [4.69, 9.17) is 28.3 Å². The molecule has 0 fully saturated rings. The molecular formula is C12H15Cl2NO2. The second kappa shape index (κ2) is 5.55. The lowest BCUT2D eigenvalue weighted by Gasteiger charge is -2.30. The van der Waals surface area contributed by atoms with E-state index in [9.17, 15) is 5.11 Å². The zero-order chi connectivity index (χ0) is 12.4. The average Bonchev–Trinajstić information content (AvgIpc) is 2.28. The molecule has 0 radical (unpaired) electrons. The smallest absolute Gasteiger partial charge is 0.0897 e. The number of β-amino-alcohol motifs (C(OH)–C–C–N with tert-alkyl or cyclic N) is 1. The maximum absolute atomic E-state index is 9.42. The highest BCUT2D eigenvalue weighted by molar-refractivity contribution is 6.35. The van der Waals surface area contributed by atoms with Crippen molar-refractivity contribution in [2.45, 2.75) is 19.1 Å². The number of aliphatic hydroxyl groups is 2. The van der Waals surface area contributed by atoms with Gasteiger partial charge in [-0.3, -0.25) is 4.90 Å². The van der Waals surface area contributed by atoms with E-state index in [1.165, 1.54) is 0 Å². The fourth-order valence-electron chi connectivity index (χ4n) is 2.18. The van der Waals surface area contributed by atoms with Crippen molar-refractivity contribution in [2.75, 3.05) is 19.7 Å². The maximum Gasteiger partial charge on any atom is 0.0897 e. The molecule has 1 aliphatic heterocycles. The number of hydrogen-bond acceptors (Lipinski definition) is 3. The van der Waals surface area contributed by atoms with Crippen LogP contribution in [0.4, 0.5) is 0 Å². The quantitative estimate of drug-likeness (QED) is 0.883. The highest BCUT2D eigenvalue weighted by Crippen LogP contribution is 2.29. The van der Waals surface area contributed by atoms with E-state index in [1.807, 2.05) is 6.07 Å². The van der Waals surface area contributed by atoms with Crippen LogP contribution >= 0.6 is 23.2 Å². The van der Waals surface area contributed by atoms with Crippen LogP contribution in [0.5, 0.6) is 0 Å². The molecule has 1 aromatic rings. The molecule has 3 nitrogen and oxygen atoms in total. The van der Waals surface area contributed by atoms with Crippen molar-refractivity contribution < 1.29 is 10.2 Å². The summed E-state index contributed by atoms with van der Waals surface area (Å²) in [6.07, 6.45) is 0.162. The number of aliphatic hydroxyl groups excluding tert-OH is 2. The van der Waals surface area contributed by atoms with Gasteiger partial charge in [0.15, 0.2) is 0 Å². The molecule has 0 amide bonds. The SMILES string of the molecule is OCC(O)CN1CCc2c(Cl)cc(Cl)cc2C1. The molecule has 1 aromatic carbocycles. The minimum absolute atomic E-state index is 0.209. The van der Waals surface area contributed by atoms with Crippen LogP contribution in [0.1, 0.15) is 11.1 Å². The van der Waals surface area contributed by atoms with E-state index in [-0.39, 0.29) is 6.61 Å². The predicted molar refractivity (Wildman–Crippen MR) is 68.5 cm³/mol. The van der Waals surface area contributed by atoms with Crippen molar-refractivity contribution in [1.29, 1.82) is 0 Å². The fraction of sp³-hybridized carbons (Fsp3) is 0.500. The summed E-state index contributed by atoms with van der Waals surface area (Å²) in [6, 6.07) is 3.68. The second-order valence-corrected chi connectivity index (χ2v) is 5.19. The zero-order valence-electron chi connectivity index (χ0n) is 9.37. The van der Waals surface area contributed by atoms with Gasteiger partial charge in [-0.15, -0.1) is 0 Å². The zero-order valence-corrected chi connectivity index (χ0v) is 10.9. The van der Waals surface area contributed by atoms with E-state index in [0.717, 1.165) is 29.1 Å². The average molecular weight is 276 g/mol. The van der Waals surface area contributed by atoms with E-state index in [2.05, 4.69) is 4.90 Å².